The first-order valence-corrected chi connectivity index (χ1v) is 37.8. The number of aromatic amines is 1. The van der Waals surface area contributed by atoms with Gasteiger partial charge >= 0.3 is 5.97 Å². The summed E-state index contributed by atoms with van der Waals surface area (Å²) in [4.78, 5) is 206. The number of benzene rings is 2. The quantitative estimate of drug-likeness (QED) is 0.0159. The molecule has 0 fully saturated rings. The SMILES string of the molecule is CC[C@H](C)[C@H](N)C(=O)N[C@@H](Cc1ccccc1)C(=O)N[C@@H](CC(C)C)C(=O)N[C@@H](CO)C(=O)N[C@@H](Cc1ccccc1)C(=O)N[C@@H](CCC(N)=O)C(=O)N[C@@H](Cc1cnc[nH]1)C(=O)N[C@@H](CC(C)C)C(=O)N[C@@H](CC(C)C)C(=O)N[C@@H](CCCN=C(N)N)C(=O)NCC(=O)N[C@@H](CCCCN)C(=O)N[C@H](C(=O)O)C(C)C. The monoisotopic (exact) mass is 1560 g/mol. The highest BCUT2D eigenvalue weighted by molar-refractivity contribution is 6.00. The second-order valence-corrected chi connectivity index (χ2v) is 29.3. The van der Waals surface area contributed by atoms with Gasteiger partial charge in [-0.05, 0) is 105 Å². The lowest BCUT2D eigenvalue weighted by Crippen LogP contribution is -2.61. The van der Waals surface area contributed by atoms with Crippen LogP contribution in [0.4, 0.5) is 0 Å². The predicted molar refractivity (Wildman–Crippen MR) is 413 cm³/mol. The molecule has 0 unspecified atom stereocenters. The zero-order valence-electron chi connectivity index (χ0n) is 65.4. The number of nitrogens with zero attached hydrogens (tertiary/aromatic N) is 2. The van der Waals surface area contributed by atoms with Crippen molar-refractivity contribution in [3.8, 4) is 0 Å². The number of carbonyl (C=O) groups is 14. The third kappa shape index (κ3) is 35.7. The summed E-state index contributed by atoms with van der Waals surface area (Å²) in [5, 5.41) is 51.7. The van der Waals surface area contributed by atoms with Gasteiger partial charge in [0.05, 0.1) is 25.5 Å². The summed E-state index contributed by atoms with van der Waals surface area (Å²) in [5.41, 5.74) is 30.1. The van der Waals surface area contributed by atoms with Crippen LogP contribution in [0.25, 0.3) is 0 Å². The summed E-state index contributed by atoms with van der Waals surface area (Å²) in [7, 11) is 0. The molecule has 2 aromatic carbocycles. The van der Waals surface area contributed by atoms with Crippen LogP contribution in [0.3, 0.4) is 0 Å². The molecule has 36 nitrogen and oxygen atoms in total. The largest absolute Gasteiger partial charge is 0.480 e. The van der Waals surface area contributed by atoms with Crippen molar-refractivity contribution in [2.24, 2.45) is 63.3 Å². The number of carbonyl (C=O) groups excluding carboxylic acids is 13. The molecular formula is C75H120N20O16. The summed E-state index contributed by atoms with van der Waals surface area (Å²) in [6.45, 7) is 16.0. The first-order chi connectivity index (χ1) is 52.5. The van der Waals surface area contributed by atoms with Gasteiger partial charge in [-0.2, -0.15) is 0 Å². The molecule has 36 heteroatoms. The Balaban J connectivity index is 1.96. The van der Waals surface area contributed by atoms with Crippen molar-refractivity contribution in [1.82, 2.24) is 73.8 Å². The third-order valence-electron chi connectivity index (χ3n) is 18.0. The summed E-state index contributed by atoms with van der Waals surface area (Å²) < 4.78 is 0. The van der Waals surface area contributed by atoms with Gasteiger partial charge in [0.1, 0.15) is 66.5 Å². The van der Waals surface area contributed by atoms with Crippen LogP contribution in [0.1, 0.15) is 157 Å². The number of imidazole rings is 1. The number of hydrogen-bond acceptors (Lipinski definition) is 19. The molecule has 616 valence electrons. The molecule has 0 saturated carbocycles. The van der Waals surface area contributed by atoms with Crippen molar-refractivity contribution in [2.45, 2.75) is 232 Å². The Hall–Kier alpha value is -10.6. The standard InChI is InChI=1S/C75H120N20O16/c1-11-45(10)61(78)73(109)93-56(35-47-23-16-13-17-24-47)70(106)89-54(33-43(6)7)68(104)94-58(39-96)72(108)91-55(34-46-21-14-12-15-22-46)69(105)87-51(27-28-59(77)97)64(100)92-57(36-48-37-81-40-84-48)71(107)90-53(32-42(4)5)67(103)88-52(31-41(2)3)66(102)86-49(26-20-30-82-75(79)80)63(99)83-38-60(98)85-50(25-18-19-29-76)65(101)95-62(44(8)9)74(110)111/h12-17,21-24,37,40-45,49-58,61-62,96H,11,18-20,25-36,38-39,76,78H2,1-10H3,(H2,77,97)(H,81,84)(H,83,99)(H,85,98)(H,86,102)(H,87,105)(H,88,103)(H,89,106)(H,90,107)(H,91,108)(H,92,100)(H,93,109)(H,94,104)(H,95,101)(H,110,111)(H4,79,80,82)/t45-,49-,50-,51-,52-,53-,54-,55-,56-,57-,58-,61-,62-/m0/s1. The van der Waals surface area contributed by atoms with Crippen molar-refractivity contribution in [3.63, 3.8) is 0 Å². The third-order valence-corrected chi connectivity index (χ3v) is 18.0. The summed E-state index contributed by atoms with van der Waals surface area (Å²) in [6.07, 6.45) is 2.68. The van der Waals surface area contributed by atoms with Crippen molar-refractivity contribution in [1.29, 1.82) is 0 Å². The minimum Gasteiger partial charge on any atom is -0.480 e. The molecule has 3 rings (SSSR count). The molecule has 0 aliphatic carbocycles. The van der Waals surface area contributed by atoms with Crippen LogP contribution >= 0.6 is 0 Å². The van der Waals surface area contributed by atoms with E-state index in [0.29, 0.717) is 36.1 Å². The zero-order chi connectivity index (χ0) is 83.0. The lowest BCUT2D eigenvalue weighted by molar-refractivity contribution is -0.143. The molecule has 25 N–H and O–H groups in total. The molecule has 0 bridgehead atoms. The zero-order valence-corrected chi connectivity index (χ0v) is 65.4. The van der Waals surface area contributed by atoms with Gasteiger partial charge in [0.25, 0.3) is 0 Å². The molecule has 1 heterocycles. The second-order valence-electron chi connectivity index (χ2n) is 29.3. The number of nitrogens with one attached hydrogen (secondary N) is 13. The van der Waals surface area contributed by atoms with E-state index in [-0.39, 0.29) is 101 Å². The van der Waals surface area contributed by atoms with Crippen LogP contribution < -0.4 is 92.5 Å². The number of hydrogen-bond donors (Lipinski definition) is 20. The summed E-state index contributed by atoms with van der Waals surface area (Å²) >= 11 is 0. The van der Waals surface area contributed by atoms with Gasteiger partial charge in [-0.15, -0.1) is 0 Å². The minimum atomic E-state index is -1.76. The average molecular weight is 1560 g/mol. The van der Waals surface area contributed by atoms with Crippen LogP contribution in [0.5, 0.6) is 0 Å². The van der Waals surface area contributed by atoms with Crippen LogP contribution in [-0.4, -0.2) is 208 Å². The van der Waals surface area contributed by atoms with E-state index in [2.05, 4.69) is 78.8 Å². The molecule has 0 saturated heterocycles. The normalized spacial score (nSPS) is 14.8. The van der Waals surface area contributed by atoms with E-state index in [0.717, 1.165) is 0 Å². The van der Waals surface area contributed by atoms with E-state index in [9.17, 15) is 77.3 Å². The number of amides is 13. The highest BCUT2D eigenvalue weighted by Gasteiger charge is 2.38. The van der Waals surface area contributed by atoms with Crippen LogP contribution in [0.15, 0.2) is 78.2 Å². The van der Waals surface area contributed by atoms with E-state index in [1.807, 2.05) is 6.92 Å². The number of carboxylic acid groups (broad SMARTS) is 1. The summed E-state index contributed by atoms with van der Waals surface area (Å²) in [5.74, 6) is -14.5. The van der Waals surface area contributed by atoms with Gasteiger partial charge in [0, 0.05) is 44.1 Å². The fourth-order valence-corrected chi connectivity index (χ4v) is 11.6. The Morgan fingerprint density at radius 2 is 0.874 bits per heavy atom. The van der Waals surface area contributed by atoms with Gasteiger partial charge in [-0.1, -0.05) is 136 Å². The molecule has 0 aliphatic rings. The number of aliphatic carboxylic acids is 1. The number of aliphatic hydroxyl groups excluding tert-OH is 1. The fraction of sp³-hybridized carbons (Fsp3) is 0.600. The minimum absolute atomic E-state index is 0.0129. The number of aliphatic hydroxyl groups is 1. The number of aromatic nitrogens is 2. The lowest BCUT2D eigenvalue weighted by atomic mass is 9.97. The van der Waals surface area contributed by atoms with Crippen molar-refractivity contribution in [3.05, 3.63) is 90.0 Å². The Morgan fingerprint density at radius 1 is 0.477 bits per heavy atom. The van der Waals surface area contributed by atoms with Crippen LogP contribution in [0, 0.1) is 29.6 Å². The van der Waals surface area contributed by atoms with Gasteiger partial charge in [0.2, 0.25) is 76.8 Å². The number of carboxylic acids is 1. The molecular weight excluding hydrogens is 1440 g/mol. The van der Waals surface area contributed by atoms with E-state index < -0.39 is 187 Å². The van der Waals surface area contributed by atoms with Crippen LogP contribution in [0.2, 0.25) is 0 Å². The smallest absolute Gasteiger partial charge is 0.326 e. The fourth-order valence-electron chi connectivity index (χ4n) is 11.6. The van der Waals surface area contributed by atoms with Gasteiger partial charge in [-0.25, -0.2) is 9.78 Å². The maximum atomic E-state index is 14.8. The van der Waals surface area contributed by atoms with E-state index in [1.54, 1.807) is 123 Å². The molecule has 0 spiro atoms. The number of guanidine groups is 1. The Kier molecular flexibility index (Phi) is 42.2. The lowest BCUT2D eigenvalue weighted by Gasteiger charge is -2.29. The topological polar surface area (TPSA) is 595 Å². The van der Waals surface area contributed by atoms with Crippen molar-refractivity contribution in [2.75, 3.05) is 26.2 Å². The number of unbranched alkanes of at least 4 members (excludes halogenated alkanes) is 1. The molecule has 1 aromatic heterocycles. The molecule has 13 amide bonds. The number of aliphatic imine (C=N–C) groups is 1. The van der Waals surface area contributed by atoms with Crippen LogP contribution in [-0.2, 0) is 86.4 Å². The molecule has 0 radical (unpaired) electrons. The van der Waals surface area contributed by atoms with Gasteiger partial charge < -0.3 is 108 Å². The maximum absolute atomic E-state index is 14.8. The molecule has 111 heavy (non-hydrogen) atoms. The van der Waals surface area contributed by atoms with E-state index in [4.69, 9.17) is 28.7 Å². The van der Waals surface area contributed by atoms with Crippen molar-refractivity contribution < 1.29 is 77.3 Å². The van der Waals surface area contributed by atoms with Gasteiger partial charge in [0.15, 0.2) is 5.96 Å². The van der Waals surface area contributed by atoms with Gasteiger partial charge in [-0.3, -0.25) is 67.3 Å². The number of nitrogens with two attached hydrogens (primary N) is 5. The molecule has 13 atom stereocenters. The summed E-state index contributed by atoms with van der Waals surface area (Å²) in [6, 6.07) is 0.348. The highest BCUT2D eigenvalue weighted by atomic mass is 16.4. The average Bonchev–Trinajstić information content (AvgIpc) is 1.34. The van der Waals surface area contributed by atoms with E-state index >= 15 is 0 Å². The highest BCUT2D eigenvalue weighted by Crippen LogP contribution is 2.16. The Morgan fingerprint density at radius 3 is 1.29 bits per heavy atom. The second kappa shape index (κ2) is 49.5. The predicted octanol–water partition coefficient (Wildman–Crippen LogP) is -2.42. The first-order valence-electron chi connectivity index (χ1n) is 37.8. The molecule has 3 aromatic rings. The maximum Gasteiger partial charge on any atom is 0.326 e. The van der Waals surface area contributed by atoms with E-state index in [1.165, 1.54) is 12.5 Å². The van der Waals surface area contributed by atoms with Crippen molar-refractivity contribution >= 4 is 88.7 Å². The Labute approximate surface area is 648 Å². The first kappa shape index (κ1) is 94.6. The number of rotatable bonds is 52. The number of primary amides is 1. The Bertz CT molecular complexity index is 3530. The molecule has 0 aliphatic heterocycles. The number of H-pyrrole nitrogens is 1.